The summed E-state index contributed by atoms with van der Waals surface area (Å²) < 4.78 is 8.35. The van der Waals surface area contributed by atoms with E-state index in [1.54, 1.807) is 16.4 Å². The van der Waals surface area contributed by atoms with Crippen LogP contribution in [-0.4, -0.2) is 33.6 Å². The van der Waals surface area contributed by atoms with Gasteiger partial charge in [-0.25, -0.2) is 4.79 Å². The zero-order valence-electron chi connectivity index (χ0n) is 15.2. The van der Waals surface area contributed by atoms with Crippen LogP contribution in [0.2, 0.25) is 0 Å². The number of nitrogens with zero attached hydrogens (tertiary/aromatic N) is 2. The van der Waals surface area contributed by atoms with Gasteiger partial charge in [-0.2, -0.15) is 0 Å². The van der Waals surface area contributed by atoms with E-state index in [1.165, 1.54) is 0 Å². The lowest BCUT2D eigenvalue weighted by atomic mass is 9.94. The average molecular weight is 362 g/mol. The molecule has 3 rings (SSSR count). The fraction of sp³-hybridized carbons (Fsp3) is 0.579. The normalized spacial score (nSPS) is 16.4. The highest BCUT2D eigenvalue weighted by Crippen LogP contribution is 2.24. The molecule has 2 heterocycles. The Balaban J connectivity index is 1.51. The van der Waals surface area contributed by atoms with Crippen LogP contribution in [0.3, 0.4) is 0 Å². The summed E-state index contributed by atoms with van der Waals surface area (Å²) in [5, 5.41) is 0.812. The van der Waals surface area contributed by atoms with Crippen LogP contribution in [0.15, 0.2) is 29.1 Å². The van der Waals surface area contributed by atoms with Gasteiger partial charge in [0, 0.05) is 19.6 Å². The van der Waals surface area contributed by atoms with Crippen molar-refractivity contribution in [1.82, 2.24) is 8.86 Å². The van der Waals surface area contributed by atoms with Gasteiger partial charge in [-0.1, -0.05) is 23.7 Å². The van der Waals surface area contributed by atoms with Gasteiger partial charge in [0.2, 0.25) is 0 Å². The molecule has 0 aliphatic carbocycles. The number of aryl methyl sites for hydroxylation is 1. The van der Waals surface area contributed by atoms with Crippen molar-refractivity contribution in [3.63, 3.8) is 0 Å². The Morgan fingerprint density at radius 3 is 2.56 bits per heavy atom. The summed E-state index contributed by atoms with van der Waals surface area (Å²) in [4.78, 5) is 26.3. The van der Waals surface area contributed by atoms with E-state index in [1.807, 2.05) is 49.0 Å². The number of carbonyl (C=O) groups is 1. The monoisotopic (exact) mass is 362 g/mol. The lowest BCUT2D eigenvalue weighted by Gasteiger charge is -2.33. The average Bonchev–Trinajstić information content (AvgIpc) is 2.88. The first-order valence-electron chi connectivity index (χ1n) is 8.90. The Hall–Kier alpha value is -1.82. The van der Waals surface area contributed by atoms with E-state index in [-0.39, 0.29) is 11.7 Å². The molecule has 6 heteroatoms. The maximum Gasteiger partial charge on any atom is 0.410 e. The highest BCUT2D eigenvalue weighted by molar-refractivity contribution is 7.13. The van der Waals surface area contributed by atoms with Gasteiger partial charge in [0.1, 0.15) is 5.60 Å². The van der Waals surface area contributed by atoms with E-state index in [2.05, 4.69) is 0 Å². The van der Waals surface area contributed by atoms with Crippen molar-refractivity contribution in [2.75, 3.05) is 13.1 Å². The molecular weight excluding hydrogens is 336 g/mol. The van der Waals surface area contributed by atoms with Crippen molar-refractivity contribution < 1.29 is 9.53 Å². The van der Waals surface area contributed by atoms with E-state index < -0.39 is 5.60 Å². The van der Waals surface area contributed by atoms with Crippen molar-refractivity contribution in [3.05, 3.63) is 34.6 Å². The summed E-state index contributed by atoms with van der Waals surface area (Å²) in [5.41, 5.74) is -0.331. The first kappa shape index (κ1) is 18.0. The molecule has 136 valence electrons. The Morgan fingerprint density at radius 2 is 1.92 bits per heavy atom. The van der Waals surface area contributed by atoms with Crippen LogP contribution in [0.1, 0.15) is 40.0 Å². The Morgan fingerprint density at radius 1 is 1.24 bits per heavy atom. The second-order valence-electron chi connectivity index (χ2n) is 7.69. The maximum atomic E-state index is 12.4. The van der Waals surface area contributed by atoms with Crippen LogP contribution in [-0.2, 0) is 11.3 Å². The first-order valence-corrected chi connectivity index (χ1v) is 9.67. The minimum Gasteiger partial charge on any atom is -0.444 e. The molecule has 5 nitrogen and oxygen atoms in total. The van der Waals surface area contributed by atoms with Crippen molar-refractivity contribution >= 4 is 27.7 Å². The molecule has 1 aliphatic heterocycles. The first-order chi connectivity index (χ1) is 11.8. The van der Waals surface area contributed by atoms with Crippen LogP contribution in [0.25, 0.3) is 10.1 Å². The summed E-state index contributed by atoms with van der Waals surface area (Å²) in [6.07, 6.45) is 2.71. The van der Waals surface area contributed by atoms with Crippen molar-refractivity contribution in [3.8, 4) is 0 Å². The zero-order chi connectivity index (χ0) is 18.0. The number of benzene rings is 1. The predicted octanol–water partition coefficient (Wildman–Crippen LogP) is 4.10. The largest absolute Gasteiger partial charge is 0.444 e. The molecule has 1 saturated heterocycles. The number of likely N-dealkylation sites (tertiary alicyclic amines) is 1. The number of ether oxygens (including phenoxy) is 1. The topological polar surface area (TPSA) is 51.5 Å². The molecule has 0 atom stereocenters. The highest BCUT2D eigenvalue weighted by atomic mass is 32.1. The Kier molecular flexibility index (Phi) is 5.18. The number of hydrogen-bond acceptors (Lipinski definition) is 4. The minimum absolute atomic E-state index is 0.117. The molecule has 0 unspecified atom stereocenters. The number of fused-ring (bicyclic) bond motifs is 1. The molecule has 1 aromatic heterocycles. The molecule has 0 spiro atoms. The minimum atomic E-state index is -0.448. The summed E-state index contributed by atoms with van der Waals surface area (Å²) >= 11 is 1.54. The number of aromatic nitrogens is 1. The number of amides is 1. The van der Waals surface area contributed by atoms with Crippen molar-refractivity contribution in [1.29, 1.82) is 0 Å². The van der Waals surface area contributed by atoms with Crippen molar-refractivity contribution in [2.45, 2.75) is 52.2 Å². The fourth-order valence-electron chi connectivity index (χ4n) is 3.20. The summed E-state index contributed by atoms with van der Waals surface area (Å²) in [7, 11) is 0. The van der Waals surface area contributed by atoms with Crippen LogP contribution in [0.4, 0.5) is 4.79 Å². The molecule has 2 aromatic rings. The van der Waals surface area contributed by atoms with E-state index in [0.717, 1.165) is 49.0 Å². The molecule has 1 fully saturated rings. The zero-order valence-corrected chi connectivity index (χ0v) is 16.0. The second-order valence-corrected chi connectivity index (χ2v) is 8.76. The van der Waals surface area contributed by atoms with Crippen molar-refractivity contribution in [2.24, 2.45) is 5.92 Å². The number of rotatable bonds is 3. The Labute approximate surface area is 152 Å². The summed E-state index contributed by atoms with van der Waals surface area (Å²) in [6.45, 7) is 7.90. The molecule has 0 bridgehead atoms. The predicted molar refractivity (Wildman–Crippen MR) is 101 cm³/mol. The number of hydrogen-bond donors (Lipinski definition) is 0. The third kappa shape index (κ3) is 4.42. The van der Waals surface area contributed by atoms with E-state index in [4.69, 9.17) is 4.74 Å². The number of piperidine rings is 1. The Bertz CT molecular complexity index is 795. The molecular formula is C19H26N2O3S. The van der Waals surface area contributed by atoms with Crippen LogP contribution in [0.5, 0.6) is 0 Å². The smallest absolute Gasteiger partial charge is 0.410 e. The second kappa shape index (κ2) is 7.20. The van der Waals surface area contributed by atoms with Gasteiger partial charge in [0.15, 0.2) is 0 Å². The molecule has 0 saturated carbocycles. The molecule has 1 aliphatic rings. The van der Waals surface area contributed by atoms with E-state index in [9.17, 15) is 9.59 Å². The lowest BCUT2D eigenvalue weighted by Crippen LogP contribution is -2.41. The standard InChI is InChI=1S/C19H26N2O3S/c1-19(2,3)24-18(23)20-11-8-14(9-12-20)10-13-21-17(22)15-6-4-5-7-16(15)25-21/h4-7,14H,8-13H2,1-3H3. The molecule has 0 radical (unpaired) electrons. The van der Waals surface area contributed by atoms with Gasteiger partial charge in [-0.05, 0) is 58.1 Å². The fourth-order valence-corrected chi connectivity index (χ4v) is 4.20. The van der Waals surface area contributed by atoms with Crippen LogP contribution < -0.4 is 5.56 Å². The van der Waals surface area contributed by atoms with Gasteiger partial charge < -0.3 is 9.64 Å². The van der Waals surface area contributed by atoms with Crippen LogP contribution >= 0.6 is 11.5 Å². The van der Waals surface area contributed by atoms with Gasteiger partial charge >= 0.3 is 6.09 Å². The summed E-state index contributed by atoms with van der Waals surface area (Å²) in [5.74, 6) is 0.552. The third-order valence-electron chi connectivity index (χ3n) is 4.56. The van der Waals surface area contributed by atoms with E-state index in [0.29, 0.717) is 5.92 Å². The lowest BCUT2D eigenvalue weighted by molar-refractivity contribution is 0.0180. The van der Waals surface area contributed by atoms with Gasteiger partial charge in [0.05, 0.1) is 10.1 Å². The molecule has 1 aromatic carbocycles. The highest BCUT2D eigenvalue weighted by Gasteiger charge is 2.26. The molecule has 25 heavy (non-hydrogen) atoms. The third-order valence-corrected chi connectivity index (χ3v) is 5.68. The summed E-state index contributed by atoms with van der Waals surface area (Å²) in [6, 6.07) is 7.77. The quantitative estimate of drug-likeness (QED) is 0.826. The van der Waals surface area contributed by atoms with Gasteiger partial charge in [-0.3, -0.25) is 8.75 Å². The molecule has 1 amide bonds. The van der Waals surface area contributed by atoms with E-state index >= 15 is 0 Å². The SMILES string of the molecule is CC(C)(C)OC(=O)N1CCC(CCn2sc3ccccc3c2=O)CC1. The number of carbonyl (C=O) groups excluding carboxylic acids is 1. The van der Waals surface area contributed by atoms with Gasteiger partial charge in [-0.15, -0.1) is 0 Å². The van der Waals surface area contributed by atoms with Gasteiger partial charge in [0.25, 0.3) is 5.56 Å². The molecule has 0 N–H and O–H groups in total. The maximum absolute atomic E-state index is 12.4. The van der Waals surface area contributed by atoms with Crippen LogP contribution in [0, 0.1) is 5.92 Å².